The van der Waals surface area contributed by atoms with E-state index in [2.05, 4.69) is 191 Å². The molecule has 2 nitrogen and oxygen atoms in total. The molecule has 0 fully saturated rings. The number of benzene rings is 8. The van der Waals surface area contributed by atoms with Crippen LogP contribution >= 0.6 is 11.3 Å². The second-order valence-corrected chi connectivity index (χ2v) is 13.7. The summed E-state index contributed by atoms with van der Waals surface area (Å²) in [6.45, 7) is 0. The lowest BCUT2D eigenvalue weighted by Crippen LogP contribution is -2.11. The normalized spacial score (nSPS) is 11.7. The van der Waals surface area contributed by atoms with Gasteiger partial charge in [-0.3, -0.25) is 0 Å². The number of rotatable bonds is 5. The molecule has 0 aliphatic carbocycles. The van der Waals surface area contributed by atoms with Crippen molar-refractivity contribution in [1.29, 1.82) is 0 Å². The van der Waals surface area contributed by atoms with Gasteiger partial charge in [-0.25, -0.2) is 0 Å². The first-order valence-corrected chi connectivity index (χ1v) is 17.5. The minimum atomic E-state index is 1.12. The number of aromatic nitrogens is 1. The smallest absolute Gasteiger partial charge is 0.0542 e. The lowest BCUT2D eigenvalue weighted by atomic mass is 10.0. The van der Waals surface area contributed by atoms with E-state index in [-0.39, 0.29) is 0 Å². The van der Waals surface area contributed by atoms with E-state index in [0.717, 1.165) is 22.7 Å². The van der Waals surface area contributed by atoms with Crippen molar-refractivity contribution in [2.75, 3.05) is 4.90 Å². The zero-order valence-electron chi connectivity index (χ0n) is 26.6. The van der Waals surface area contributed by atoms with E-state index >= 15 is 0 Å². The Labute approximate surface area is 288 Å². The van der Waals surface area contributed by atoms with Gasteiger partial charge < -0.3 is 9.47 Å². The molecule has 0 radical (unpaired) electrons. The SMILES string of the molecule is c1ccc(-c2ccccc2N(c2ccc3c(c2)sc2cc4ccccc4cc23)c2ccc3c(c2)c2ccccc2n3-c2ccccc2)cc1. The predicted molar refractivity (Wildman–Crippen MR) is 211 cm³/mol. The van der Waals surface area contributed by atoms with Crippen LogP contribution in [0.1, 0.15) is 0 Å². The van der Waals surface area contributed by atoms with E-state index in [1.54, 1.807) is 0 Å². The lowest BCUT2D eigenvalue weighted by molar-refractivity contribution is 1.18. The Morgan fingerprint density at radius 1 is 0.408 bits per heavy atom. The Bertz CT molecular complexity index is 2830. The quantitative estimate of drug-likeness (QED) is 0.181. The average Bonchev–Trinajstić information content (AvgIpc) is 3.69. The Morgan fingerprint density at radius 3 is 1.90 bits per heavy atom. The zero-order chi connectivity index (χ0) is 32.3. The Balaban J connectivity index is 1.23. The molecular weight excluding hydrogens is 613 g/mol. The number of para-hydroxylation sites is 3. The van der Waals surface area contributed by atoms with E-state index in [1.165, 1.54) is 63.9 Å². The summed E-state index contributed by atoms with van der Waals surface area (Å²) in [6.07, 6.45) is 0. The molecule has 0 saturated heterocycles. The first kappa shape index (κ1) is 27.9. The third kappa shape index (κ3) is 4.55. The number of anilines is 3. The highest BCUT2D eigenvalue weighted by Crippen LogP contribution is 2.45. The maximum atomic E-state index is 2.44. The lowest BCUT2D eigenvalue weighted by Gasteiger charge is -2.28. The van der Waals surface area contributed by atoms with Crippen molar-refractivity contribution in [3.8, 4) is 16.8 Å². The molecule has 0 amide bonds. The van der Waals surface area contributed by atoms with Crippen molar-refractivity contribution in [1.82, 2.24) is 4.57 Å². The van der Waals surface area contributed by atoms with Crippen LogP contribution in [0.4, 0.5) is 17.1 Å². The van der Waals surface area contributed by atoms with E-state index in [1.807, 2.05) is 11.3 Å². The van der Waals surface area contributed by atoms with Crippen LogP contribution in [0.3, 0.4) is 0 Å². The minimum Gasteiger partial charge on any atom is -0.310 e. The van der Waals surface area contributed by atoms with Gasteiger partial charge in [-0.15, -0.1) is 11.3 Å². The van der Waals surface area contributed by atoms with Crippen LogP contribution in [0.5, 0.6) is 0 Å². The predicted octanol–water partition coefficient (Wildman–Crippen LogP) is 13.4. The highest BCUT2D eigenvalue weighted by Gasteiger charge is 2.21. The zero-order valence-corrected chi connectivity index (χ0v) is 27.4. The maximum Gasteiger partial charge on any atom is 0.0542 e. The first-order chi connectivity index (χ1) is 24.3. The topological polar surface area (TPSA) is 8.17 Å². The van der Waals surface area contributed by atoms with Crippen molar-refractivity contribution in [2.24, 2.45) is 0 Å². The van der Waals surface area contributed by atoms with Crippen LogP contribution in [-0.2, 0) is 0 Å². The van der Waals surface area contributed by atoms with Crippen molar-refractivity contribution >= 4 is 81.1 Å². The molecule has 3 heteroatoms. The number of hydrogen-bond donors (Lipinski definition) is 0. The fraction of sp³-hybridized carbons (Fsp3) is 0. The molecule has 10 rings (SSSR count). The van der Waals surface area contributed by atoms with E-state index in [0.29, 0.717) is 0 Å². The molecule has 0 bridgehead atoms. The summed E-state index contributed by atoms with van der Waals surface area (Å²) in [5.74, 6) is 0. The summed E-state index contributed by atoms with van der Waals surface area (Å²) in [6, 6.07) is 66.2. The average molecular weight is 643 g/mol. The van der Waals surface area contributed by atoms with Gasteiger partial charge >= 0.3 is 0 Å². The van der Waals surface area contributed by atoms with Gasteiger partial charge in [-0.2, -0.15) is 0 Å². The van der Waals surface area contributed by atoms with Crippen LogP contribution in [0, 0.1) is 0 Å². The van der Waals surface area contributed by atoms with Crippen molar-refractivity contribution in [2.45, 2.75) is 0 Å². The van der Waals surface area contributed by atoms with Crippen LogP contribution in [-0.4, -0.2) is 4.57 Å². The summed E-state index contributed by atoms with van der Waals surface area (Å²) in [5, 5.41) is 7.65. The van der Waals surface area contributed by atoms with Crippen molar-refractivity contribution in [3.05, 3.63) is 182 Å². The molecule has 8 aromatic carbocycles. The largest absolute Gasteiger partial charge is 0.310 e. The number of hydrogen-bond acceptors (Lipinski definition) is 2. The Hall–Kier alpha value is -6.16. The maximum absolute atomic E-state index is 2.44. The van der Waals surface area contributed by atoms with Gasteiger partial charge in [0.2, 0.25) is 0 Å². The number of nitrogens with zero attached hydrogens (tertiary/aromatic N) is 2. The summed E-state index contributed by atoms with van der Waals surface area (Å²) < 4.78 is 4.98. The molecule has 49 heavy (non-hydrogen) atoms. The highest BCUT2D eigenvalue weighted by molar-refractivity contribution is 7.25. The molecule has 0 spiro atoms. The van der Waals surface area contributed by atoms with Crippen LogP contribution in [0.25, 0.3) is 69.6 Å². The van der Waals surface area contributed by atoms with E-state index < -0.39 is 0 Å². The van der Waals surface area contributed by atoms with Crippen molar-refractivity contribution < 1.29 is 0 Å². The summed E-state index contributed by atoms with van der Waals surface area (Å²) >= 11 is 1.87. The molecule has 0 unspecified atom stereocenters. The van der Waals surface area contributed by atoms with Crippen LogP contribution < -0.4 is 4.90 Å². The molecular formula is C46H30N2S. The monoisotopic (exact) mass is 642 g/mol. The summed E-state index contributed by atoms with van der Waals surface area (Å²) in [4.78, 5) is 2.44. The molecule has 2 heterocycles. The second kappa shape index (κ2) is 11.2. The van der Waals surface area contributed by atoms with Gasteiger partial charge in [-0.1, -0.05) is 115 Å². The van der Waals surface area contributed by atoms with Crippen molar-refractivity contribution in [3.63, 3.8) is 0 Å². The third-order valence-corrected chi connectivity index (χ3v) is 10.9. The summed E-state index contributed by atoms with van der Waals surface area (Å²) in [5.41, 5.74) is 9.35. The fourth-order valence-corrected chi connectivity index (χ4v) is 8.67. The van der Waals surface area contributed by atoms with Crippen LogP contribution in [0.2, 0.25) is 0 Å². The summed E-state index contributed by atoms with van der Waals surface area (Å²) in [7, 11) is 0. The van der Waals surface area contributed by atoms with E-state index in [4.69, 9.17) is 0 Å². The van der Waals surface area contributed by atoms with E-state index in [9.17, 15) is 0 Å². The van der Waals surface area contributed by atoms with Crippen LogP contribution in [0.15, 0.2) is 182 Å². The van der Waals surface area contributed by atoms with Gasteiger partial charge in [0.1, 0.15) is 0 Å². The van der Waals surface area contributed by atoms with Gasteiger partial charge in [0.25, 0.3) is 0 Å². The second-order valence-electron chi connectivity index (χ2n) is 12.6. The minimum absolute atomic E-state index is 1.12. The first-order valence-electron chi connectivity index (χ1n) is 16.7. The Morgan fingerprint density at radius 2 is 1.04 bits per heavy atom. The molecule has 0 N–H and O–H groups in total. The number of thiophene rings is 1. The standard InChI is InChI=1S/C46H30N2S/c1-3-13-31(14-4-1)37-19-9-11-21-42(37)47(36-23-25-39-41-27-32-15-7-8-16-33(32)28-45(41)49-46(39)30-36)35-24-26-44-40(29-35)38-20-10-12-22-43(38)48(44)34-17-5-2-6-18-34/h1-30H. The van der Waals surface area contributed by atoms with Gasteiger partial charge in [0.05, 0.1) is 16.7 Å². The molecule has 230 valence electrons. The third-order valence-electron chi connectivity index (χ3n) is 9.74. The van der Waals surface area contributed by atoms with Gasteiger partial charge in [0.15, 0.2) is 0 Å². The fourth-order valence-electron chi connectivity index (χ4n) is 7.50. The molecule has 0 atom stereocenters. The molecule has 10 aromatic rings. The molecule has 0 aliphatic rings. The molecule has 0 saturated carbocycles. The Kier molecular flexibility index (Phi) is 6.39. The highest BCUT2D eigenvalue weighted by atomic mass is 32.1. The molecule has 2 aromatic heterocycles. The van der Waals surface area contributed by atoms with Gasteiger partial charge in [0, 0.05) is 53.6 Å². The number of fused-ring (bicyclic) bond motifs is 7. The van der Waals surface area contributed by atoms with Gasteiger partial charge in [-0.05, 0) is 83.1 Å². The molecule has 0 aliphatic heterocycles.